The summed E-state index contributed by atoms with van der Waals surface area (Å²) in [7, 11) is 3.20. The van der Waals surface area contributed by atoms with E-state index < -0.39 is 0 Å². The molecule has 2 aromatic rings. The van der Waals surface area contributed by atoms with E-state index in [0.29, 0.717) is 22.4 Å². The standard InChI is InChI=1S/C30H46N2P2/c1-28(2,3)34(29(4,5)6)21-24-17-16-23(22-12-8-7-9-13-22)20-25(24)30(33,26-14-10-18-31-26)27-15-11-19-32-27/h7-9,12-13,16-17,20,26-27,31-32H,10-11,14-15,18-19,21,33H2,1-6H3. The van der Waals surface area contributed by atoms with Crippen LogP contribution < -0.4 is 10.6 Å². The first-order valence-corrected chi connectivity index (χ1v) is 15.3. The summed E-state index contributed by atoms with van der Waals surface area (Å²) in [5.41, 5.74) is 5.78. The Morgan fingerprint density at radius 3 is 1.82 bits per heavy atom. The molecule has 0 amide bonds. The maximum Gasteiger partial charge on any atom is 0.0405 e. The van der Waals surface area contributed by atoms with Gasteiger partial charge in [-0.05, 0) is 83.6 Å². The summed E-state index contributed by atoms with van der Waals surface area (Å²) in [4.78, 5) is 0. The molecule has 34 heavy (non-hydrogen) atoms. The van der Waals surface area contributed by atoms with Gasteiger partial charge in [0.2, 0.25) is 0 Å². The molecule has 0 saturated carbocycles. The van der Waals surface area contributed by atoms with Crippen molar-refractivity contribution < 1.29 is 0 Å². The van der Waals surface area contributed by atoms with E-state index in [4.69, 9.17) is 0 Å². The third-order valence-electron chi connectivity index (χ3n) is 7.91. The third kappa shape index (κ3) is 5.47. The van der Waals surface area contributed by atoms with Crippen LogP contribution in [0.5, 0.6) is 0 Å². The van der Waals surface area contributed by atoms with Crippen molar-refractivity contribution in [3.05, 3.63) is 59.7 Å². The minimum atomic E-state index is -0.221. The van der Waals surface area contributed by atoms with Crippen molar-refractivity contribution in [1.82, 2.24) is 10.6 Å². The molecule has 3 atom stereocenters. The van der Waals surface area contributed by atoms with Crippen LogP contribution in [0.15, 0.2) is 48.5 Å². The van der Waals surface area contributed by atoms with Gasteiger partial charge in [0.15, 0.2) is 0 Å². The molecule has 4 rings (SSSR count). The maximum atomic E-state index is 3.92. The molecule has 2 fully saturated rings. The Morgan fingerprint density at radius 2 is 1.35 bits per heavy atom. The Morgan fingerprint density at radius 1 is 0.794 bits per heavy atom. The van der Waals surface area contributed by atoms with Crippen molar-refractivity contribution in [2.24, 2.45) is 0 Å². The lowest BCUT2D eigenvalue weighted by Gasteiger charge is -2.45. The topological polar surface area (TPSA) is 24.1 Å². The van der Waals surface area contributed by atoms with Crippen LogP contribution in [-0.4, -0.2) is 35.5 Å². The van der Waals surface area contributed by atoms with E-state index in [0.717, 1.165) is 13.1 Å². The molecule has 3 unspecified atom stereocenters. The van der Waals surface area contributed by atoms with E-state index >= 15 is 0 Å². The van der Waals surface area contributed by atoms with E-state index in [1.54, 1.807) is 11.1 Å². The smallest absolute Gasteiger partial charge is 0.0405 e. The first-order chi connectivity index (χ1) is 16.0. The summed E-state index contributed by atoms with van der Waals surface area (Å²) in [6, 6.07) is 19.3. The second-order valence-corrected chi connectivity index (χ2v) is 17.2. The SMILES string of the molecule is CC(C)(C)P(Cc1ccc(-c2ccccc2)cc1C(P)(C1CCCN1)C1CCCN1)C(C)(C)C. The molecule has 0 aliphatic carbocycles. The molecule has 2 heterocycles. The van der Waals surface area contributed by atoms with E-state index in [-0.39, 0.29) is 13.1 Å². The summed E-state index contributed by atoms with van der Waals surface area (Å²) in [5.74, 6) is 0. The second-order valence-electron chi connectivity index (χ2n) is 12.4. The predicted octanol–water partition coefficient (Wildman–Crippen LogP) is 7.51. The zero-order chi connectivity index (χ0) is 24.6. The Labute approximate surface area is 212 Å². The summed E-state index contributed by atoms with van der Waals surface area (Å²) < 4.78 is 0. The van der Waals surface area contributed by atoms with Gasteiger partial charge in [-0.15, -0.1) is 9.24 Å². The lowest BCUT2D eigenvalue weighted by atomic mass is 9.79. The molecule has 2 N–H and O–H groups in total. The van der Waals surface area contributed by atoms with Crippen molar-refractivity contribution >= 4 is 17.2 Å². The number of nitrogens with one attached hydrogen (secondary N) is 2. The molecule has 0 radical (unpaired) electrons. The lowest BCUT2D eigenvalue weighted by molar-refractivity contribution is 0.352. The molecular formula is C30H46N2P2. The van der Waals surface area contributed by atoms with Gasteiger partial charge in [0.05, 0.1) is 0 Å². The van der Waals surface area contributed by atoms with Crippen LogP contribution in [0.2, 0.25) is 0 Å². The highest BCUT2D eigenvalue weighted by molar-refractivity contribution is 7.60. The third-order valence-corrected chi connectivity index (χ3v) is 12.9. The zero-order valence-corrected chi connectivity index (χ0v) is 24.3. The molecule has 186 valence electrons. The van der Waals surface area contributed by atoms with Crippen molar-refractivity contribution in [3.8, 4) is 11.1 Å². The first kappa shape index (κ1) is 26.3. The molecular weight excluding hydrogens is 450 g/mol. The highest BCUT2D eigenvalue weighted by Crippen LogP contribution is 2.62. The maximum absolute atomic E-state index is 3.92. The predicted molar refractivity (Wildman–Crippen MR) is 155 cm³/mol. The van der Waals surface area contributed by atoms with Crippen molar-refractivity contribution in [3.63, 3.8) is 0 Å². The fraction of sp³-hybridized carbons (Fsp3) is 0.600. The zero-order valence-electron chi connectivity index (χ0n) is 22.2. The Bertz CT molecular complexity index is 916. The van der Waals surface area contributed by atoms with Crippen molar-refractivity contribution in [1.29, 1.82) is 0 Å². The summed E-state index contributed by atoms with van der Waals surface area (Å²) >= 11 is 0. The molecule has 4 heteroatoms. The van der Waals surface area contributed by atoms with Gasteiger partial charge in [0, 0.05) is 17.2 Å². The second kappa shape index (κ2) is 10.3. The fourth-order valence-electron chi connectivity index (χ4n) is 6.38. The molecule has 0 bridgehead atoms. The van der Waals surface area contributed by atoms with Crippen LogP contribution in [0, 0.1) is 0 Å². The molecule has 2 aliphatic heterocycles. The Kier molecular flexibility index (Phi) is 7.96. The Balaban J connectivity index is 1.87. The van der Waals surface area contributed by atoms with Crippen LogP contribution >= 0.6 is 17.2 Å². The minimum absolute atomic E-state index is 0.00386. The van der Waals surface area contributed by atoms with E-state index in [1.165, 1.54) is 43.0 Å². The van der Waals surface area contributed by atoms with Crippen LogP contribution in [0.1, 0.15) is 78.4 Å². The van der Waals surface area contributed by atoms with Crippen LogP contribution in [0.25, 0.3) is 11.1 Å². The average Bonchev–Trinajstić information content (AvgIpc) is 3.51. The lowest BCUT2D eigenvalue weighted by Crippen LogP contribution is -2.52. The average molecular weight is 497 g/mol. The summed E-state index contributed by atoms with van der Waals surface area (Å²) in [6.45, 7) is 17.0. The van der Waals surface area contributed by atoms with Gasteiger partial charge in [-0.2, -0.15) is 0 Å². The molecule has 2 nitrogen and oxygen atoms in total. The van der Waals surface area contributed by atoms with E-state index in [9.17, 15) is 0 Å². The van der Waals surface area contributed by atoms with Gasteiger partial charge >= 0.3 is 0 Å². The summed E-state index contributed by atoms with van der Waals surface area (Å²) in [5, 5.41) is 8.46. The number of hydrogen-bond acceptors (Lipinski definition) is 2. The van der Waals surface area contributed by atoms with Crippen LogP contribution in [0.3, 0.4) is 0 Å². The number of rotatable bonds is 6. The van der Waals surface area contributed by atoms with Gasteiger partial charge < -0.3 is 10.6 Å². The largest absolute Gasteiger partial charge is 0.313 e. The highest BCUT2D eigenvalue weighted by atomic mass is 31.1. The van der Waals surface area contributed by atoms with Gasteiger partial charge in [-0.25, -0.2) is 0 Å². The Hall–Kier alpha value is -0.780. The van der Waals surface area contributed by atoms with Crippen molar-refractivity contribution in [2.45, 2.75) is 101 Å². The molecule has 2 saturated heterocycles. The normalized spacial score (nSPS) is 23.4. The van der Waals surface area contributed by atoms with Gasteiger partial charge in [0.25, 0.3) is 0 Å². The van der Waals surface area contributed by atoms with Gasteiger partial charge in [-0.1, -0.05) is 91.9 Å². The fourth-order valence-corrected chi connectivity index (χ4v) is 10.8. The van der Waals surface area contributed by atoms with Crippen molar-refractivity contribution in [2.75, 3.05) is 13.1 Å². The van der Waals surface area contributed by atoms with Gasteiger partial charge in [-0.3, -0.25) is 0 Å². The minimum Gasteiger partial charge on any atom is -0.313 e. The molecule has 0 aromatic heterocycles. The van der Waals surface area contributed by atoms with Crippen LogP contribution in [0.4, 0.5) is 0 Å². The van der Waals surface area contributed by atoms with E-state index in [1.807, 2.05) is 0 Å². The highest BCUT2D eigenvalue weighted by Gasteiger charge is 2.47. The molecule has 0 spiro atoms. The molecule has 2 aliphatic rings. The van der Waals surface area contributed by atoms with Crippen LogP contribution in [-0.2, 0) is 11.3 Å². The molecule has 2 aromatic carbocycles. The van der Waals surface area contributed by atoms with Gasteiger partial charge in [0.1, 0.15) is 0 Å². The first-order valence-electron chi connectivity index (χ1n) is 13.2. The monoisotopic (exact) mass is 496 g/mol. The van der Waals surface area contributed by atoms with E-state index in [2.05, 4.69) is 110 Å². The number of benzene rings is 2. The quantitative estimate of drug-likeness (QED) is 0.405. The number of hydrogen-bond donors (Lipinski definition) is 2. The summed E-state index contributed by atoms with van der Waals surface area (Å²) in [6.07, 6.45) is 6.24.